The Morgan fingerprint density at radius 1 is 1.16 bits per heavy atom. The highest BCUT2D eigenvalue weighted by atomic mass is 79.9. The van der Waals surface area contributed by atoms with Gasteiger partial charge in [0, 0.05) is 0 Å². The molecule has 0 radical (unpaired) electrons. The second kappa shape index (κ2) is 7.45. The van der Waals surface area contributed by atoms with Crippen molar-refractivity contribution in [1.29, 1.82) is 0 Å². The Hall–Kier alpha value is -2.05. The Morgan fingerprint density at radius 2 is 1.88 bits per heavy atom. The number of rotatable bonds is 3. The molecule has 1 heterocycles. The second-order valence-corrected chi connectivity index (χ2v) is 7.61. The number of amides is 1. The second-order valence-electron chi connectivity index (χ2n) is 5.72. The summed E-state index contributed by atoms with van der Waals surface area (Å²) in [6, 6.07) is 11.8. The van der Waals surface area contributed by atoms with Gasteiger partial charge >= 0.3 is 0 Å². The lowest BCUT2D eigenvalue weighted by Crippen LogP contribution is -2.19. The molecule has 1 aliphatic rings. The molecule has 1 saturated heterocycles. The minimum Gasteiger partial charge on any atom is -0.496 e. The summed E-state index contributed by atoms with van der Waals surface area (Å²) in [6.07, 6.45) is 1.84. The standard InChI is InChI=1S/C19H17BrN2O2S/c1-11-6-12(2)8-14(7-11)21-19-22-18(23)17(25-19)10-13-4-5-16(24-3)15(20)9-13/h4-10H,1-3H3,(H,21,22,23)/b17-10-. The van der Waals surface area contributed by atoms with Gasteiger partial charge in [0.1, 0.15) is 5.75 Å². The maximum Gasteiger partial charge on any atom is 0.264 e. The zero-order valence-electron chi connectivity index (χ0n) is 14.1. The van der Waals surface area contributed by atoms with E-state index >= 15 is 0 Å². The number of aliphatic imine (C=N–C) groups is 1. The summed E-state index contributed by atoms with van der Waals surface area (Å²) < 4.78 is 6.07. The van der Waals surface area contributed by atoms with E-state index < -0.39 is 0 Å². The molecule has 1 amide bonds. The molecule has 128 valence electrons. The summed E-state index contributed by atoms with van der Waals surface area (Å²) in [5.74, 6) is 0.614. The highest BCUT2D eigenvalue weighted by Crippen LogP contribution is 2.31. The van der Waals surface area contributed by atoms with Gasteiger partial charge < -0.3 is 10.1 Å². The van der Waals surface area contributed by atoms with Crippen molar-refractivity contribution in [1.82, 2.24) is 5.32 Å². The van der Waals surface area contributed by atoms with Crippen molar-refractivity contribution in [2.45, 2.75) is 13.8 Å². The molecular formula is C19H17BrN2O2S. The van der Waals surface area contributed by atoms with Crippen LogP contribution >= 0.6 is 27.7 Å². The van der Waals surface area contributed by atoms with Gasteiger partial charge in [-0.3, -0.25) is 4.79 Å². The van der Waals surface area contributed by atoms with Crippen LogP contribution in [0.1, 0.15) is 16.7 Å². The van der Waals surface area contributed by atoms with Gasteiger partial charge in [0.15, 0.2) is 5.17 Å². The molecule has 0 bridgehead atoms. The normalized spacial score (nSPS) is 17.2. The molecule has 0 atom stereocenters. The highest BCUT2D eigenvalue weighted by Gasteiger charge is 2.23. The third-order valence-corrected chi connectivity index (χ3v) is 5.09. The zero-order valence-corrected chi connectivity index (χ0v) is 16.5. The number of ether oxygens (including phenoxy) is 1. The maximum atomic E-state index is 12.2. The van der Waals surface area contributed by atoms with Gasteiger partial charge in [-0.25, -0.2) is 4.99 Å². The van der Waals surface area contributed by atoms with E-state index in [0.29, 0.717) is 10.1 Å². The monoisotopic (exact) mass is 416 g/mol. The van der Waals surface area contributed by atoms with Crippen LogP contribution in [0.25, 0.3) is 6.08 Å². The lowest BCUT2D eigenvalue weighted by atomic mass is 10.1. The minimum absolute atomic E-state index is 0.139. The molecular weight excluding hydrogens is 400 g/mol. The third kappa shape index (κ3) is 4.32. The van der Waals surface area contributed by atoms with E-state index in [-0.39, 0.29) is 5.91 Å². The van der Waals surface area contributed by atoms with Crippen LogP contribution in [0, 0.1) is 13.8 Å². The van der Waals surface area contributed by atoms with E-state index in [9.17, 15) is 4.79 Å². The predicted molar refractivity (Wildman–Crippen MR) is 107 cm³/mol. The zero-order chi connectivity index (χ0) is 18.0. The fourth-order valence-electron chi connectivity index (χ4n) is 2.54. The van der Waals surface area contributed by atoms with E-state index in [0.717, 1.165) is 32.6 Å². The molecule has 6 heteroatoms. The van der Waals surface area contributed by atoms with Crippen molar-refractivity contribution in [2.24, 2.45) is 4.99 Å². The van der Waals surface area contributed by atoms with Gasteiger partial charge in [0.25, 0.3) is 5.91 Å². The first kappa shape index (κ1) is 17.8. The van der Waals surface area contributed by atoms with Crippen LogP contribution in [0.15, 0.2) is 50.8 Å². The lowest BCUT2D eigenvalue weighted by Gasteiger charge is -2.03. The summed E-state index contributed by atoms with van der Waals surface area (Å²) in [5, 5.41) is 3.41. The van der Waals surface area contributed by atoms with Gasteiger partial charge in [-0.2, -0.15) is 0 Å². The smallest absolute Gasteiger partial charge is 0.264 e. The van der Waals surface area contributed by atoms with E-state index in [2.05, 4.69) is 32.3 Å². The van der Waals surface area contributed by atoms with E-state index in [1.807, 2.05) is 50.3 Å². The summed E-state index contributed by atoms with van der Waals surface area (Å²) in [6.45, 7) is 4.06. The van der Waals surface area contributed by atoms with E-state index in [4.69, 9.17) is 4.74 Å². The van der Waals surface area contributed by atoms with Crippen molar-refractivity contribution in [3.8, 4) is 5.75 Å². The Morgan fingerprint density at radius 3 is 2.52 bits per heavy atom. The first-order valence-electron chi connectivity index (χ1n) is 7.66. The largest absolute Gasteiger partial charge is 0.496 e. The number of carbonyl (C=O) groups is 1. The van der Waals surface area contributed by atoms with Crippen LogP contribution < -0.4 is 10.1 Å². The number of hydrogen-bond donors (Lipinski definition) is 1. The summed E-state index contributed by atoms with van der Waals surface area (Å²) in [5.41, 5.74) is 4.05. The number of nitrogens with zero attached hydrogens (tertiary/aromatic N) is 1. The molecule has 0 aromatic heterocycles. The molecule has 2 aromatic carbocycles. The SMILES string of the molecule is COc1ccc(/C=C2\SC(=Nc3cc(C)cc(C)c3)NC2=O)cc1Br. The molecule has 0 aliphatic carbocycles. The van der Waals surface area contributed by atoms with Crippen molar-refractivity contribution >= 4 is 50.5 Å². The minimum atomic E-state index is -0.139. The van der Waals surface area contributed by atoms with Crippen molar-refractivity contribution < 1.29 is 9.53 Å². The molecule has 25 heavy (non-hydrogen) atoms. The summed E-state index contributed by atoms with van der Waals surface area (Å²) >= 11 is 4.80. The topological polar surface area (TPSA) is 50.7 Å². The molecule has 4 nitrogen and oxygen atoms in total. The van der Waals surface area contributed by atoms with Crippen LogP contribution in [-0.2, 0) is 4.79 Å². The molecule has 0 spiro atoms. The number of methoxy groups -OCH3 is 1. The number of carbonyl (C=O) groups excluding carboxylic acids is 1. The molecule has 0 saturated carbocycles. The Balaban J connectivity index is 1.84. The molecule has 1 fully saturated rings. The van der Waals surface area contributed by atoms with Crippen molar-refractivity contribution in [3.63, 3.8) is 0 Å². The Kier molecular flexibility index (Phi) is 5.30. The van der Waals surface area contributed by atoms with Gasteiger partial charge in [-0.05, 0) is 88.6 Å². The Labute approximate surface area is 159 Å². The lowest BCUT2D eigenvalue weighted by molar-refractivity contribution is -0.115. The van der Waals surface area contributed by atoms with Crippen LogP contribution in [0.4, 0.5) is 5.69 Å². The van der Waals surface area contributed by atoms with E-state index in [1.165, 1.54) is 11.8 Å². The number of amidine groups is 1. The first-order chi connectivity index (χ1) is 11.9. The Bertz CT molecular complexity index is 886. The van der Waals surface area contributed by atoms with Crippen LogP contribution in [-0.4, -0.2) is 18.2 Å². The molecule has 2 aromatic rings. The van der Waals surface area contributed by atoms with Gasteiger partial charge in [-0.15, -0.1) is 0 Å². The predicted octanol–water partition coefficient (Wildman–Crippen LogP) is 4.97. The van der Waals surface area contributed by atoms with Gasteiger partial charge in [0.05, 0.1) is 22.2 Å². The highest BCUT2D eigenvalue weighted by molar-refractivity contribution is 9.10. The van der Waals surface area contributed by atoms with Crippen LogP contribution in [0.5, 0.6) is 5.75 Å². The van der Waals surface area contributed by atoms with Crippen LogP contribution in [0.2, 0.25) is 0 Å². The number of benzene rings is 2. The maximum absolute atomic E-state index is 12.2. The van der Waals surface area contributed by atoms with Crippen molar-refractivity contribution in [2.75, 3.05) is 7.11 Å². The number of aryl methyl sites for hydroxylation is 2. The molecule has 3 rings (SSSR count). The molecule has 1 aliphatic heterocycles. The summed E-state index contributed by atoms with van der Waals surface area (Å²) in [4.78, 5) is 17.4. The fourth-order valence-corrected chi connectivity index (χ4v) is 3.94. The van der Waals surface area contributed by atoms with Crippen LogP contribution in [0.3, 0.4) is 0 Å². The average molecular weight is 417 g/mol. The first-order valence-corrected chi connectivity index (χ1v) is 9.27. The third-order valence-electron chi connectivity index (χ3n) is 3.56. The fraction of sp³-hybridized carbons (Fsp3) is 0.158. The number of nitrogens with one attached hydrogen (secondary N) is 1. The number of thioether (sulfide) groups is 1. The van der Waals surface area contributed by atoms with Gasteiger partial charge in [-0.1, -0.05) is 12.1 Å². The quantitative estimate of drug-likeness (QED) is 0.718. The van der Waals surface area contributed by atoms with Gasteiger partial charge in [0.2, 0.25) is 0 Å². The number of hydrogen-bond acceptors (Lipinski definition) is 4. The average Bonchev–Trinajstić information content (AvgIpc) is 2.86. The van der Waals surface area contributed by atoms with Crippen molar-refractivity contribution in [3.05, 3.63) is 62.5 Å². The van der Waals surface area contributed by atoms with E-state index in [1.54, 1.807) is 7.11 Å². The number of halogens is 1. The summed E-state index contributed by atoms with van der Waals surface area (Å²) in [7, 11) is 1.62. The molecule has 1 N–H and O–H groups in total. The molecule has 0 unspecified atom stereocenters.